The SMILES string of the molecule is C[C@]1(c2ccccc2F)CC(=O)C(F)CC1(F)F. The summed E-state index contributed by atoms with van der Waals surface area (Å²) in [6.07, 6.45) is -4.04. The first-order chi connectivity index (χ1) is 8.28. The highest BCUT2D eigenvalue weighted by Crippen LogP contribution is 2.49. The molecule has 18 heavy (non-hydrogen) atoms. The molecule has 0 amide bonds. The van der Waals surface area contributed by atoms with E-state index in [4.69, 9.17) is 0 Å². The summed E-state index contributed by atoms with van der Waals surface area (Å²) < 4.78 is 54.7. The fourth-order valence-corrected chi connectivity index (χ4v) is 2.35. The first-order valence-corrected chi connectivity index (χ1v) is 5.57. The van der Waals surface area contributed by atoms with Crippen LogP contribution < -0.4 is 0 Å². The van der Waals surface area contributed by atoms with Crippen LogP contribution in [0.25, 0.3) is 0 Å². The van der Waals surface area contributed by atoms with E-state index in [0.29, 0.717) is 0 Å². The summed E-state index contributed by atoms with van der Waals surface area (Å²) in [5.41, 5.74) is -2.23. The van der Waals surface area contributed by atoms with Crippen molar-refractivity contribution in [3.8, 4) is 0 Å². The normalized spacial score (nSPS) is 31.4. The van der Waals surface area contributed by atoms with Crippen LogP contribution in [-0.4, -0.2) is 17.9 Å². The van der Waals surface area contributed by atoms with Crippen molar-refractivity contribution in [1.29, 1.82) is 0 Å². The van der Waals surface area contributed by atoms with Gasteiger partial charge in [-0.25, -0.2) is 17.6 Å². The highest BCUT2D eigenvalue weighted by Gasteiger charge is 2.58. The molecule has 1 fully saturated rings. The Hall–Kier alpha value is -1.39. The van der Waals surface area contributed by atoms with Gasteiger partial charge in [0.25, 0.3) is 5.92 Å². The fourth-order valence-electron chi connectivity index (χ4n) is 2.35. The lowest BCUT2D eigenvalue weighted by atomic mass is 9.67. The Balaban J connectivity index is 2.52. The molecule has 1 saturated carbocycles. The van der Waals surface area contributed by atoms with Gasteiger partial charge in [0.05, 0.1) is 11.8 Å². The molecule has 5 heteroatoms. The van der Waals surface area contributed by atoms with E-state index in [1.54, 1.807) is 0 Å². The number of Topliss-reactive ketones (excluding diaryl/α,β-unsaturated/α-hetero) is 1. The first kappa shape index (κ1) is 13.1. The van der Waals surface area contributed by atoms with Crippen molar-refractivity contribution in [3.05, 3.63) is 35.6 Å². The number of carbonyl (C=O) groups excluding carboxylic acids is 1. The monoisotopic (exact) mass is 260 g/mol. The van der Waals surface area contributed by atoms with Crippen LogP contribution in [0, 0.1) is 5.82 Å². The molecule has 0 N–H and O–H groups in total. The second-order valence-corrected chi connectivity index (χ2v) is 4.83. The molecule has 0 saturated heterocycles. The van der Waals surface area contributed by atoms with Gasteiger partial charge in [-0.05, 0) is 13.0 Å². The summed E-state index contributed by atoms with van der Waals surface area (Å²) >= 11 is 0. The minimum absolute atomic E-state index is 0.241. The predicted octanol–water partition coefficient (Wildman–Crippen LogP) is 3.42. The summed E-state index contributed by atoms with van der Waals surface area (Å²) in [5, 5.41) is 0. The van der Waals surface area contributed by atoms with Crippen molar-refractivity contribution in [2.24, 2.45) is 0 Å². The first-order valence-electron chi connectivity index (χ1n) is 5.57. The number of rotatable bonds is 1. The minimum atomic E-state index is -3.46. The molecule has 2 rings (SSSR count). The molecular weight excluding hydrogens is 248 g/mol. The van der Waals surface area contributed by atoms with Gasteiger partial charge in [-0.3, -0.25) is 4.79 Å². The van der Waals surface area contributed by atoms with Gasteiger partial charge in [0.2, 0.25) is 0 Å². The van der Waals surface area contributed by atoms with Crippen LogP contribution in [0.15, 0.2) is 24.3 Å². The maximum absolute atomic E-state index is 14.0. The average molecular weight is 260 g/mol. The average Bonchev–Trinajstić information content (AvgIpc) is 2.26. The van der Waals surface area contributed by atoms with Crippen LogP contribution in [0.3, 0.4) is 0 Å². The third kappa shape index (κ3) is 1.82. The van der Waals surface area contributed by atoms with Crippen LogP contribution >= 0.6 is 0 Å². The number of benzene rings is 1. The van der Waals surface area contributed by atoms with Crippen LogP contribution in [0.2, 0.25) is 0 Å². The van der Waals surface area contributed by atoms with Gasteiger partial charge in [0, 0.05) is 12.0 Å². The van der Waals surface area contributed by atoms with Crippen molar-refractivity contribution < 1.29 is 22.4 Å². The van der Waals surface area contributed by atoms with Crippen molar-refractivity contribution >= 4 is 5.78 Å². The van der Waals surface area contributed by atoms with E-state index >= 15 is 0 Å². The van der Waals surface area contributed by atoms with Crippen molar-refractivity contribution in [1.82, 2.24) is 0 Å². The third-order valence-corrected chi connectivity index (χ3v) is 3.59. The molecule has 1 aromatic carbocycles. The standard InChI is InChI=1S/C13H12F4O/c1-12(8-4-2-3-5-9(8)14)7-11(18)10(15)6-13(12,16)17/h2-5,10H,6-7H2,1H3/t10?,12-/m1/s1. The number of ketones is 1. The molecule has 1 aromatic rings. The van der Waals surface area contributed by atoms with E-state index in [1.165, 1.54) is 18.2 Å². The van der Waals surface area contributed by atoms with E-state index in [2.05, 4.69) is 0 Å². The molecule has 1 aliphatic rings. The third-order valence-electron chi connectivity index (χ3n) is 3.59. The minimum Gasteiger partial charge on any atom is -0.296 e. The van der Waals surface area contributed by atoms with E-state index in [1.807, 2.05) is 0 Å². The maximum Gasteiger partial charge on any atom is 0.261 e. The summed E-state index contributed by atoms with van der Waals surface area (Å²) in [6, 6.07) is 5.08. The number of hydrogen-bond donors (Lipinski definition) is 0. The Bertz CT molecular complexity index is 486. The van der Waals surface area contributed by atoms with Gasteiger partial charge in [0.1, 0.15) is 5.82 Å². The zero-order valence-corrected chi connectivity index (χ0v) is 9.72. The predicted molar refractivity (Wildman–Crippen MR) is 57.8 cm³/mol. The van der Waals surface area contributed by atoms with Crippen LogP contribution in [-0.2, 0) is 10.2 Å². The molecule has 0 radical (unpaired) electrons. The lowest BCUT2D eigenvalue weighted by Crippen LogP contribution is -2.52. The summed E-state index contributed by atoms with van der Waals surface area (Å²) in [7, 11) is 0. The van der Waals surface area contributed by atoms with Gasteiger partial charge in [0.15, 0.2) is 12.0 Å². The Morgan fingerprint density at radius 2 is 1.89 bits per heavy atom. The molecule has 1 unspecified atom stereocenters. The van der Waals surface area contributed by atoms with Gasteiger partial charge in [-0.1, -0.05) is 18.2 Å². The molecule has 1 aliphatic carbocycles. The molecule has 1 nitrogen and oxygen atoms in total. The van der Waals surface area contributed by atoms with E-state index in [0.717, 1.165) is 13.0 Å². The van der Waals surface area contributed by atoms with Crippen molar-refractivity contribution in [3.63, 3.8) is 0 Å². The maximum atomic E-state index is 14.0. The molecule has 0 heterocycles. The topological polar surface area (TPSA) is 17.1 Å². The Morgan fingerprint density at radius 1 is 1.28 bits per heavy atom. The van der Waals surface area contributed by atoms with Crippen molar-refractivity contribution in [2.75, 3.05) is 0 Å². The second-order valence-electron chi connectivity index (χ2n) is 4.83. The van der Waals surface area contributed by atoms with Crippen LogP contribution in [0.5, 0.6) is 0 Å². The molecule has 2 atom stereocenters. The molecule has 0 aliphatic heterocycles. The molecule has 0 bridgehead atoms. The van der Waals surface area contributed by atoms with Crippen molar-refractivity contribution in [2.45, 2.75) is 37.3 Å². The van der Waals surface area contributed by atoms with E-state index < -0.39 is 42.0 Å². The Kier molecular flexibility index (Phi) is 2.95. The lowest BCUT2D eigenvalue weighted by Gasteiger charge is -2.41. The summed E-state index contributed by atoms with van der Waals surface area (Å²) in [6.45, 7) is 1.11. The van der Waals surface area contributed by atoms with E-state index in [9.17, 15) is 22.4 Å². The zero-order chi connectivity index (χ0) is 13.6. The largest absolute Gasteiger partial charge is 0.296 e. The zero-order valence-electron chi connectivity index (χ0n) is 9.72. The van der Waals surface area contributed by atoms with Crippen LogP contribution in [0.4, 0.5) is 17.6 Å². The van der Waals surface area contributed by atoms with Gasteiger partial charge >= 0.3 is 0 Å². The second kappa shape index (κ2) is 4.07. The number of halogens is 4. The van der Waals surface area contributed by atoms with Gasteiger partial charge in [-0.15, -0.1) is 0 Å². The molecular formula is C13H12F4O. The Morgan fingerprint density at radius 3 is 2.50 bits per heavy atom. The van der Waals surface area contributed by atoms with Gasteiger partial charge < -0.3 is 0 Å². The highest BCUT2D eigenvalue weighted by atomic mass is 19.3. The number of carbonyl (C=O) groups is 1. The summed E-state index contributed by atoms with van der Waals surface area (Å²) in [4.78, 5) is 11.4. The molecule has 0 aromatic heterocycles. The van der Waals surface area contributed by atoms with Gasteiger partial charge in [-0.2, -0.15) is 0 Å². The van der Waals surface area contributed by atoms with Crippen LogP contribution in [0.1, 0.15) is 25.3 Å². The molecule has 98 valence electrons. The smallest absolute Gasteiger partial charge is 0.261 e. The number of alkyl halides is 3. The lowest BCUT2D eigenvalue weighted by molar-refractivity contribution is -0.153. The highest BCUT2D eigenvalue weighted by molar-refractivity contribution is 5.85. The quantitative estimate of drug-likeness (QED) is 0.707. The Labute approximate surface area is 102 Å². The summed E-state index contributed by atoms with van der Waals surface area (Å²) in [5.74, 6) is -5.15. The van der Waals surface area contributed by atoms with E-state index in [-0.39, 0.29) is 5.56 Å². The number of hydrogen-bond acceptors (Lipinski definition) is 1. The molecule has 0 spiro atoms. The fraction of sp³-hybridized carbons (Fsp3) is 0.462.